The zero-order valence-electron chi connectivity index (χ0n) is 12.5. The quantitative estimate of drug-likeness (QED) is 0.575. The Labute approximate surface area is 131 Å². The molecule has 4 aromatic rings. The van der Waals surface area contributed by atoms with Crippen LogP contribution in [0.2, 0.25) is 0 Å². The predicted octanol–water partition coefficient (Wildman–Crippen LogP) is 2.27. The third-order valence-corrected chi connectivity index (χ3v) is 3.60. The van der Waals surface area contributed by atoms with Gasteiger partial charge in [-0.25, -0.2) is 9.83 Å². The molecule has 0 amide bonds. The van der Waals surface area contributed by atoms with E-state index in [1.165, 1.54) is 0 Å². The maximum Gasteiger partial charge on any atom is 0.256 e. The summed E-state index contributed by atoms with van der Waals surface area (Å²) in [6, 6.07) is 7.22. The van der Waals surface area contributed by atoms with E-state index in [2.05, 4.69) is 30.2 Å². The van der Waals surface area contributed by atoms with Crippen molar-refractivity contribution in [2.75, 3.05) is 12.4 Å². The Kier molecular flexibility index (Phi) is 2.74. The van der Waals surface area contributed by atoms with Crippen molar-refractivity contribution in [1.82, 2.24) is 29.1 Å². The number of aryl methyl sites for hydroxylation is 1. The smallest absolute Gasteiger partial charge is 0.256 e. The number of benzene rings is 1. The third-order valence-electron chi connectivity index (χ3n) is 3.60. The molecular formula is C15H12N8. The lowest BCUT2D eigenvalue weighted by Gasteiger charge is -2.02. The van der Waals surface area contributed by atoms with Crippen LogP contribution in [0.1, 0.15) is 0 Å². The lowest BCUT2D eigenvalue weighted by atomic mass is 10.2. The van der Waals surface area contributed by atoms with Crippen LogP contribution in [-0.4, -0.2) is 36.2 Å². The third kappa shape index (κ3) is 1.91. The molecule has 0 saturated carbocycles. The fourth-order valence-corrected chi connectivity index (χ4v) is 2.52. The Morgan fingerprint density at radius 3 is 2.91 bits per heavy atom. The zero-order valence-corrected chi connectivity index (χ0v) is 12.5. The second-order valence-corrected chi connectivity index (χ2v) is 5.05. The minimum absolute atomic E-state index is 0.480. The van der Waals surface area contributed by atoms with Crippen LogP contribution < -0.4 is 5.32 Å². The zero-order chi connectivity index (χ0) is 16.0. The van der Waals surface area contributed by atoms with Gasteiger partial charge in [0.15, 0.2) is 28.5 Å². The van der Waals surface area contributed by atoms with E-state index in [-0.39, 0.29) is 0 Å². The van der Waals surface area contributed by atoms with Crippen LogP contribution in [0, 0.1) is 6.57 Å². The summed E-state index contributed by atoms with van der Waals surface area (Å²) in [5.74, 6) is 1.66. The molecule has 1 N–H and O–H groups in total. The Hall–Kier alpha value is -3.47. The van der Waals surface area contributed by atoms with Gasteiger partial charge in [0.1, 0.15) is 0 Å². The van der Waals surface area contributed by atoms with Crippen molar-refractivity contribution in [3.05, 3.63) is 42.0 Å². The van der Waals surface area contributed by atoms with Crippen LogP contribution in [0.5, 0.6) is 0 Å². The van der Waals surface area contributed by atoms with Crippen LogP contribution in [0.15, 0.2) is 30.6 Å². The van der Waals surface area contributed by atoms with Crippen LogP contribution in [0.25, 0.3) is 33.2 Å². The summed E-state index contributed by atoms with van der Waals surface area (Å²) in [6.45, 7) is 7.13. The molecule has 23 heavy (non-hydrogen) atoms. The molecule has 8 heteroatoms. The first kappa shape index (κ1) is 13.2. The van der Waals surface area contributed by atoms with Crippen molar-refractivity contribution < 1.29 is 0 Å². The SMILES string of the molecule is [C-]#[N+]c1cccc(-c2nc3nc(NC)c4ncn(C)c4n3n2)c1. The summed E-state index contributed by atoms with van der Waals surface area (Å²) in [5.41, 5.74) is 2.87. The van der Waals surface area contributed by atoms with Crippen molar-refractivity contribution >= 4 is 28.4 Å². The van der Waals surface area contributed by atoms with E-state index in [0.29, 0.717) is 23.1 Å². The van der Waals surface area contributed by atoms with E-state index in [1.54, 1.807) is 30.0 Å². The van der Waals surface area contributed by atoms with Crippen molar-refractivity contribution in [3.63, 3.8) is 0 Å². The molecule has 0 aliphatic heterocycles. The molecule has 0 radical (unpaired) electrons. The number of fused-ring (bicyclic) bond motifs is 3. The Bertz CT molecular complexity index is 1080. The van der Waals surface area contributed by atoms with E-state index in [9.17, 15) is 0 Å². The Morgan fingerprint density at radius 1 is 1.26 bits per heavy atom. The highest BCUT2D eigenvalue weighted by Crippen LogP contribution is 2.25. The number of anilines is 1. The highest BCUT2D eigenvalue weighted by molar-refractivity contribution is 5.85. The van der Waals surface area contributed by atoms with E-state index in [1.807, 2.05) is 23.7 Å². The molecule has 3 aromatic heterocycles. The average molecular weight is 304 g/mol. The summed E-state index contributed by atoms with van der Waals surface area (Å²) >= 11 is 0. The Morgan fingerprint density at radius 2 is 2.13 bits per heavy atom. The average Bonchev–Trinajstić information content (AvgIpc) is 3.17. The molecule has 0 fully saturated rings. The van der Waals surface area contributed by atoms with Crippen molar-refractivity contribution in [2.24, 2.45) is 7.05 Å². The van der Waals surface area contributed by atoms with Gasteiger partial charge in [0.25, 0.3) is 5.78 Å². The van der Waals surface area contributed by atoms with Gasteiger partial charge in [0.05, 0.1) is 12.9 Å². The Balaban J connectivity index is 2.02. The molecule has 1 aromatic carbocycles. The molecule has 0 unspecified atom stereocenters. The first-order valence-electron chi connectivity index (χ1n) is 6.94. The summed E-state index contributed by atoms with van der Waals surface area (Å²) in [7, 11) is 3.69. The molecular weight excluding hydrogens is 292 g/mol. The fourth-order valence-electron chi connectivity index (χ4n) is 2.52. The van der Waals surface area contributed by atoms with E-state index in [0.717, 1.165) is 16.7 Å². The lowest BCUT2D eigenvalue weighted by Crippen LogP contribution is -2.02. The van der Waals surface area contributed by atoms with Crippen LogP contribution in [0.4, 0.5) is 11.5 Å². The minimum atomic E-state index is 0.480. The number of hydrogen-bond donors (Lipinski definition) is 1. The monoisotopic (exact) mass is 304 g/mol. The molecule has 0 spiro atoms. The molecule has 0 bridgehead atoms. The second kappa shape index (κ2) is 4.78. The first-order chi connectivity index (χ1) is 11.2. The highest BCUT2D eigenvalue weighted by atomic mass is 15.4. The molecule has 112 valence electrons. The van der Waals surface area contributed by atoms with E-state index < -0.39 is 0 Å². The normalized spacial score (nSPS) is 11.0. The van der Waals surface area contributed by atoms with E-state index in [4.69, 9.17) is 6.57 Å². The molecule has 0 aliphatic carbocycles. The number of hydrogen-bond acceptors (Lipinski definition) is 5. The maximum absolute atomic E-state index is 7.13. The number of imidazole rings is 1. The van der Waals surface area contributed by atoms with Gasteiger partial charge in [-0.1, -0.05) is 18.2 Å². The second-order valence-electron chi connectivity index (χ2n) is 5.05. The predicted molar refractivity (Wildman–Crippen MR) is 86.3 cm³/mol. The molecule has 0 atom stereocenters. The number of nitrogens with one attached hydrogen (secondary N) is 1. The number of aromatic nitrogens is 6. The van der Waals surface area contributed by atoms with Gasteiger partial charge < -0.3 is 9.88 Å². The standard InChI is InChI=1S/C15H12N8/c1-16-10-6-4-5-9(7-10)12-19-15-20-13(17-2)11-14(23(15)21-12)22(3)8-18-11/h4-8H,2-3H3,(H,17,19,20,21). The van der Waals surface area contributed by atoms with Crippen molar-refractivity contribution in [2.45, 2.75) is 0 Å². The summed E-state index contributed by atoms with van der Waals surface area (Å²) in [6.07, 6.45) is 1.72. The minimum Gasteiger partial charge on any atom is -0.371 e. The highest BCUT2D eigenvalue weighted by Gasteiger charge is 2.16. The largest absolute Gasteiger partial charge is 0.371 e. The van der Waals surface area contributed by atoms with Gasteiger partial charge in [-0.2, -0.15) is 14.5 Å². The van der Waals surface area contributed by atoms with Gasteiger partial charge in [0.2, 0.25) is 0 Å². The van der Waals surface area contributed by atoms with Gasteiger partial charge in [-0.15, -0.1) is 5.10 Å². The molecule has 3 heterocycles. The maximum atomic E-state index is 7.13. The van der Waals surface area contributed by atoms with Crippen molar-refractivity contribution in [1.29, 1.82) is 0 Å². The first-order valence-corrected chi connectivity index (χ1v) is 6.94. The summed E-state index contributed by atoms with van der Waals surface area (Å²) in [5, 5.41) is 7.58. The van der Waals surface area contributed by atoms with Crippen LogP contribution in [0.3, 0.4) is 0 Å². The summed E-state index contributed by atoms with van der Waals surface area (Å²) in [4.78, 5) is 16.8. The van der Waals surface area contributed by atoms with E-state index >= 15 is 0 Å². The van der Waals surface area contributed by atoms with Gasteiger partial charge in [-0.05, 0) is 6.07 Å². The molecule has 8 nitrogen and oxygen atoms in total. The van der Waals surface area contributed by atoms with Crippen LogP contribution in [-0.2, 0) is 7.05 Å². The topological polar surface area (TPSA) is 77.3 Å². The van der Waals surface area contributed by atoms with Gasteiger partial charge in [-0.3, -0.25) is 0 Å². The lowest BCUT2D eigenvalue weighted by molar-refractivity contribution is 0.876. The number of nitrogens with zero attached hydrogens (tertiary/aromatic N) is 7. The van der Waals surface area contributed by atoms with Crippen LogP contribution >= 0.6 is 0 Å². The number of rotatable bonds is 2. The van der Waals surface area contributed by atoms with Crippen molar-refractivity contribution in [3.8, 4) is 11.4 Å². The van der Waals surface area contributed by atoms with Gasteiger partial charge >= 0.3 is 0 Å². The molecule has 0 aliphatic rings. The van der Waals surface area contributed by atoms with Gasteiger partial charge in [0, 0.05) is 19.7 Å². The fraction of sp³-hybridized carbons (Fsp3) is 0.133. The molecule has 4 rings (SSSR count). The summed E-state index contributed by atoms with van der Waals surface area (Å²) < 4.78 is 3.54. The molecule has 0 saturated heterocycles.